The summed E-state index contributed by atoms with van der Waals surface area (Å²) >= 11 is 0. The smallest absolute Gasteiger partial charge is 0.227 e. The Labute approximate surface area is 163 Å². The van der Waals surface area contributed by atoms with E-state index in [1.54, 1.807) is 0 Å². The molecule has 2 saturated carbocycles. The van der Waals surface area contributed by atoms with Crippen molar-refractivity contribution in [1.29, 1.82) is 0 Å². The average Bonchev–Trinajstić information content (AvgIpc) is 3.17. The highest BCUT2D eigenvalue weighted by Gasteiger charge is 2.50. The SMILES string of the molecule is Cl.Cl.NC1C2CCC(C2)C1C(=O)N1CCN(CC2CCOCC2)CC1. The van der Waals surface area contributed by atoms with Crippen LogP contribution in [0.1, 0.15) is 32.1 Å². The highest BCUT2D eigenvalue weighted by atomic mass is 35.5. The second kappa shape index (κ2) is 9.23. The van der Waals surface area contributed by atoms with Gasteiger partial charge in [-0.2, -0.15) is 0 Å². The third-order valence-electron chi connectivity index (χ3n) is 6.81. The van der Waals surface area contributed by atoms with Crippen molar-refractivity contribution in [3.63, 3.8) is 0 Å². The first-order valence-corrected chi connectivity index (χ1v) is 9.57. The first-order valence-electron chi connectivity index (χ1n) is 9.57. The molecule has 4 aliphatic rings. The highest BCUT2D eigenvalue weighted by Crippen LogP contribution is 2.48. The predicted octanol–water partition coefficient (Wildman–Crippen LogP) is 1.77. The van der Waals surface area contributed by atoms with E-state index in [-0.39, 0.29) is 36.8 Å². The van der Waals surface area contributed by atoms with Gasteiger partial charge in [0.05, 0.1) is 5.92 Å². The molecular formula is C18H33Cl2N3O2. The van der Waals surface area contributed by atoms with Gasteiger partial charge in [0.1, 0.15) is 0 Å². The van der Waals surface area contributed by atoms with E-state index >= 15 is 0 Å². The number of nitrogens with zero attached hydrogens (tertiary/aromatic N) is 2. The maximum atomic E-state index is 12.9. The zero-order valence-electron chi connectivity index (χ0n) is 15.0. The number of rotatable bonds is 3. The molecule has 4 rings (SSSR count). The van der Waals surface area contributed by atoms with Gasteiger partial charge >= 0.3 is 0 Å². The van der Waals surface area contributed by atoms with E-state index < -0.39 is 0 Å². The van der Waals surface area contributed by atoms with Crippen molar-refractivity contribution in [2.24, 2.45) is 29.4 Å². The summed E-state index contributed by atoms with van der Waals surface area (Å²) in [5.41, 5.74) is 6.35. The van der Waals surface area contributed by atoms with Gasteiger partial charge in [-0.25, -0.2) is 0 Å². The largest absolute Gasteiger partial charge is 0.381 e. The van der Waals surface area contributed by atoms with E-state index in [2.05, 4.69) is 9.80 Å². The molecule has 2 bridgehead atoms. The summed E-state index contributed by atoms with van der Waals surface area (Å²) in [4.78, 5) is 17.6. The van der Waals surface area contributed by atoms with Crippen LogP contribution >= 0.6 is 24.8 Å². The van der Waals surface area contributed by atoms with Crippen molar-refractivity contribution in [3.8, 4) is 0 Å². The van der Waals surface area contributed by atoms with E-state index in [4.69, 9.17) is 10.5 Å². The minimum Gasteiger partial charge on any atom is -0.381 e. The van der Waals surface area contributed by atoms with Crippen LogP contribution < -0.4 is 5.73 Å². The fraction of sp³-hybridized carbons (Fsp3) is 0.944. The van der Waals surface area contributed by atoms with Crippen LogP contribution in [-0.2, 0) is 9.53 Å². The zero-order valence-corrected chi connectivity index (χ0v) is 16.6. The van der Waals surface area contributed by atoms with Crippen LogP contribution in [0.5, 0.6) is 0 Å². The van der Waals surface area contributed by atoms with Crippen LogP contribution in [0.2, 0.25) is 0 Å². The van der Waals surface area contributed by atoms with Gasteiger partial charge in [0.15, 0.2) is 0 Å². The van der Waals surface area contributed by atoms with Crippen LogP contribution in [0.25, 0.3) is 0 Å². The fourth-order valence-corrected chi connectivity index (χ4v) is 5.36. The molecular weight excluding hydrogens is 361 g/mol. The lowest BCUT2D eigenvalue weighted by molar-refractivity contribution is -0.139. The molecule has 0 aromatic rings. The quantitative estimate of drug-likeness (QED) is 0.793. The van der Waals surface area contributed by atoms with Gasteiger partial charge in [-0.1, -0.05) is 0 Å². The lowest BCUT2D eigenvalue weighted by Crippen LogP contribution is -2.54. The number of piperazine rings is 1. The first kappa shape index (κ1) is 21.2. The van der Waals surface area contributed by atoms with Crippen molar-refractivity contribution in [2.45, 2.75) is 38.1 Å². The molecule has 0 radical (unpaired) electrons. The molecule has 4 atom stereocenters. The minimum atomic E-state index is 0. The topological polar surface area (TPSA) is 58.8 Å². The van der Waals surface area contributed by atoms with Gasteiger partial charge in [0, 0.05) is 52.0 Å². The molecule has 4 fully saturated rings. The maximum absolute atomic E-state index is 12.9. The van der Waals surface area contributed by atoms with Crippen molar-refractivity contribution in [2.75, 3.05) is 45.9 Å². The standard InChI is InChI=1S/C18H31N3O2.2ClH/c19-17-15-2-1-14(11-15)16(17)18(22)21-7-5-20(6-8-21)12-13-3-9-23-10-4-13;;/h13-17H,1-12,19H2;2*1H. The van der Waals surface area contributed by atoms with E-state index in [1.807, 2.05) is 0 Å². The molecule has 146 valence electrons. The summed E-state index contributed by atoms with van der Waals surface area (Å²) in [7, 11) is 0. The number of carbonyl (C=O) groups is 1. The van der Waals surface area contributed by atoms with E-state index in [0.29, 0.717) is 17.7 Å². The molecule has 2 aliphatic heterocycles. The number of hydrogen-bond acceptors (Lipinski definition) is 4. The monoisotopic (exact) mass is 393 g/mol. The molecule has 2 N–H and O–H groups in total. The number of nitrogens with two attached hydrogens (primary N) is 1. The Kier molecular flexibility index (Phi) is 7.84. The van der Waals surface area contributed by atoms with Crippen LogP contribution in [0.4, 0.5) is 0 Å². The number of amides is 1. The van der Waals surface area contributed by atoms with Gasteiger partial charge in [-0.3, -0.25) is 9.69 Å². The molecule has 0 aromatic carbocycles. The summed E-state index contributed by atoms with van der Waals surface area (Å²) < 4.78 is 5.45. The minimum absolute atomic E-state index is 0. The number of halogens is 2. The van der Waals surface area contributed by atoms with Crippen molar-refractivity contribution >= 4 is 30.7 Å². The molecule has 25 heavy (non-hydrogen) atoms. The lowest BCUT2D eigenvalue weighted by atomic mass is 9.84. The van der Waals surface area contributed by atoms with E-state index in [0.717, 1.165) is 45.3 Å². The molecule has 0 spiro atoms. The Bertz CT molecular complexity index is 438. The number of carbonyl (C=O) groups excluding carboxylic acids is 1. The summed E-state index contributed by atoms with van der Waals surface area (Å²) in [6.45, 7) is 6.86. The summed E-state index contributed by atoms with van der Waals surface area (Å²) in [6.07, 6.45) is 6.05. The molecule has 7 heteroatoms. The van der Waals surface area contributed by atoms with Gasteiger partial charge in [0.2, 0.25) is 5.91 Å². The molecule has 2 heterocycles. The van der Waals surface area contributed by atoms with Gasteiger partial charge < -0.3 is 15.4 Å². The molecule has 4 unspecified atom stereocenters. The summed E-state index contributed by atoms with van der Waals surface area (Å²) in [5, 5.41) is 0. The average molecular weight is 394 g/mol. The lowest BCUT2D eigenvalue weighted by Gasteiger charge is -2.39. The Hall–Kier alpha value is -0.0700. The van der Waals surface area contributed by atoms with Gasteiger partial charge in [0.25, 0.3) is 0 Å². The normalized spacial score (nSPS) is 36.0. The van der Waals surface area contributed by atoms with E-state index in [1.165, 1.54) is 38.6 Å². The molecule has 2 aliphatic carbocycles. The van der Waals surface area contributed by atoms with Crippen LogP contribution in [0.15, 0.2) is 0 Å². The van der Waals surface area contributed by atoms with Crippen molar-refractivity contribution in [3.05, 3.63) is 0 Å². The fourth-order valence-electron chi connectivity index (χ4n) is 5.36. The number of hydrogen-bond donors (Lipinski definition) is 1. The summed E-state index contributed by atoms with van der Waals surface area (Å²) in [5.74, 6) is 2.45. The molecule has 0 aromatic heterocycles. The van der Waals surface area contributed by atoms with Crippen LogP contribution in [0.3, 0.4) is 0 Å². The zero-order chi connectivity index (χ0) is 15.8. The first-order chi connectivity index (χ1) is 11.2. The maximum Gasteiger partial charge on any atom is 0.227 e. The third kappa shape index (κ3) is 4.44. The second-order valence-electron chi connectivity index (χ2n) is 8.12. The summed E-state index contributed by atoms with van der Waals surface area (Å²) in [6, 6.07) is 0.126. The molecule has 2 saturated heterocycles. The second-order valence-corrected chi connectivity index (χ2v) is 8.12. The highest BCUT2D eigenvalue weighted by molar-refractivity contribution is 5.85. The van der Waals surface area contributed by atoms with Gasteiger partial charge in [-0.15, -0.1) is 24.8 Å². The Morgan fingerprint density at radius 2 is 1.60 bits per heavy atom. The van der Waals surface area contributed by atoms with Crippen LogP contribution in [-0.4, -0.2) is 67.7 Å². The molecule has 1 amide bonds. The van der Waals surface area contributed by atoms with E-state index in [9.17, 15) is 4.79 Å². The van der Waals surface area contributed by atoms with Crippen LogP contribution in [0, 0.1) is 23.7 Å². The Morgan fingerprint density at radius 3 is 2.20 bits per heavy atom. The predicted molar refractivity (Wildman–Crippen MR) is 103 cm³/mol. The van der Waals surface area contributed by atoms with Gasteiger partial charge in [-0.05, 0) is 49.9 Å². The number of ether oxygens (including phenoxy) is 1. The number of fused-ring (bicyclic) bond motifs is 2. The molecule has 5 nitrogen and oxygen atoms in total. The van der Waals surface area contributed by atoms with Crippen molar-refractivity contribution < 1.29 is 9.53 Å². The Balaban J connectivity index is 0.00000113. The van der Waals surface area contributed by atoms with Crippen molar-refractivity contribution in [1.82, 2.24) is 9.80 Å². The third-order valence-corrected chi connectivity index (χ3v) is 6.81. The Morgan fingerprint density at radius 1 is 0.960 bits per heavy atom.